The van der Waals surface area contributed by atoms with Gasteiger partial charge in [0.05, 0.1) is 0 Å². The lowest BCUT2D eigenvalue weighted by Gasteiger charge is -2.17. The predicted molar refractivity (Wildman–Crippen MR) is 71.3 cm³/mol. The van der Waals surface area contributed by atoms with Crippen molar-refractivity contribution < 1.29 is 0 Å². The van der Waals surface area contributed by atoms with E-state index in [9.17, 15) is 0 Å². The largest absolute Gasteiger partial charge is 0.352 e. The number of nitrogens with zero attached hydrogens (tertiary/aromatic N) is 3. The minimum absolute atomic E-state index is 0.241. The van der Waals surface area contributed by atoms with Crippen molar-refractivity contribution in [2.24, 2.45) is 5.73 Å². The highest BCUT2D eigenvalue weighted by molar-refractivity contribution is 5.29. The van der Waals surface area contributed by atoms with Crippen LogP contribution in [0.1, 0.15) is 35.8 Å². The highest BCUT2D eigenvalue weighted by Crippen LogP contribution is 2.28. The second kappa shape index (κ2) is 4.61. The van der Waals surface area contributed by atoms with Gasteiger partial charge in [0.2, 0.25) is 0 Å². The Balaban J connectivity index is 1.72. The third-order valence-corrected chi connectivity index (χ3v) is 3.88. The first-order chi connectivity index (χ1) is 8.74. The van der Waals surface area contributed by atoms with E-state index in [1.165, 1.54) is 24.0 Å². The average Bonchev–Trinajstić information content (AvgIpc) is 2.93. The second-order valence-corrected chi connectivity index (χ2v) is 5.14. The van der Waals surface area contributed by atoms with Crippen molar-refractivity contribution in [3.8, 4) is 0 Å². The molecule has 0 radical (unpaired) electrons. The van der Waals surface area contributed by atoms with E-state index in [1.807, 2.05) is 19.3 Å². The van der Waals surface area contributed by atoms with E-state index in [1.54, 1.807) is 0 Å². The summed E-state index contributed by atoms with van der Waals surface area (Å²) in [7, 11) is 0. The fraction of sp³-hybridized carbons (Fsp3) is 0.500. The smallest absolute Gasteiger partial charge is 0.105 e. The Kier molecular flexibility index (Phi) is 2.96. The third-order valence-electron chi connectivity index (χ3n) is 3.88. The fourth-order valence-electron chi connectivity index (χ4n) is 2.78. The first-order valence-corrected chi connectivity index (χ1v) is 6.66. The van der Waals surface area contributed by atoms with E-state index in [-0.39, 0.29) is 6.04 Å². The minimum atomic E-state index is 0.241. The van der Waals surface area contributed by atoms with Gasteiger partial charge in [-0.1, -0.05) is 0 Å². The Labute approximate surface area is 107 Å². The molecular formula is C14H20N4. The summed E-state index contributed by atoms with van der Waals surface area (Å²) in [5.41, 5.74) is 8.94. The molecule has 2 N–H and O–H groups in total. The molecule has 4 heteroatoms. The monoisotopic (exact) mass is 244 g/mol. The molecule has 2 aromatic heterocycles. The normalized spacial score (nSPS) is 18.9. The molecule has 18 heavy (non-hydrogen) atoms. The fourth-order valence-corrected chi connectivity index (χ4v) is 2.78. The maximum absolute atomic E-state index is 6.15. The first kappa shape index (κ1) is 11.5. The van der Waals surface area contributed by atoms with Crippen LogP contribution in [-0.2, 0) is 19.5 Å². The van der Waals surface area contributed by atoms with Gasteiger partial charge < -0.3 is 14.9 Å². The Bertz CT molecular complexity index is 538. The van der Waals surface area contributed by atoms with E-state index in [0.717, 1.165) is 25.3 Å². The molecule has 2 aromatic rings. The first-order valence-electron chi connectivity index (χ1n) is 6.66. The van der Waals surface area contributed by atoms with Gasteiger partial charge in [-0.2, -0.15) is 0 Å². The minimum Gasteiger partial charge on any atom is -0.352 e. The Morgan fingerprint density at radius 2 is 2.28 bits per heavy atom. The van der Waals surface area contributed by atoms with Crippen LogP contribution in [0.2, 0.25) is 0 Å². The van der Waals surface area contributed by atoms with Crippen molar-refractivity contribution in [2.75, 3.05) is 0 Å². The van der Waals surface area contributed by atoms with Gasteiger partial charge in [-0.15, -0.1) is 0 Å². The summed E-state index contributed by atoms with van der Waals surface area (Å²) in [6, 6.07) is 0.241. The van der Waals surface area contributed by atoms with Crippen molar-refractivity contribution in [2.45, 2.75) is 45.3 Å². The molecule has 96 valence electrons. The van der Waals surface area contributed by atoms with Crippen LogP contribution in [0.15, 0.2) is 24.8 Å². The van der Waals surface area contributed by atoms with Crippen LogP contribution in [0.5, 0.6) is 0 Å². The van der Waals surface area contributed by atoms with Gasteiger partial charge >= 0.3 is 0 Å². The van der Waals surface area contributed by atoms with Crippen LogP contribution in [-0.4, -0.2) is 14.1 Å². The molecule has 0 saturated heterocycles. The van der Waals surface area contributed by atoms with Crippen LogP contribution in [0.25, 0.3) is 0 Å². The molecule has 4 nitrogen and oxygen atoms in total. The standard InChI is InChI=1S/C14H20N4/c1-11-16-5-6-18(11)8-7-17-9-12-3-2-4-14(15)13(12)10-17/h5-6,9-10,14H,2-4,7-8,15H2,1H3. The van der Waals surface area contributed by atoms with Crippen LogP contribution in [0.3, 0.4) is 0 Å². The number of hydrogen-bond donors (Lipinski definition) is 1. The summed E-state index contributed by atoms with van der Waals surface area (Å²) in [6.07, 6.45) is 11.9. The highest BCUT2D eigenvalue weighted by Gasteiger charge is 2.18. The summed E-state index contributed by atoms with van der Waals surface area (Å²) >= 11 is 0. The molecule has 0 saturated carbocycles. The number of hydrogen-bond acceptors (Lipinski definition) is 2. The van der Waals surface area contributed by atoms with Crippen molar-refractivity contribution in [3.05, 3.63) is 41.7 Å². The summed E-state index contributed by atoms with van der Waals surface area (Å²) in [5, 5.41) is 0. The van der Waals surface area contributed by atoms with Gasteiger partial charge in [0.1, 0.15) is 5.82 Å². The van der Waals surface area contributed by atoms with Gasteiger partial charge in [0, 0.05) is 43.9 Å². The molecule has 1 unspecified atom stereocenters. The number of rotatable bonds is 3. The summed E-state index contributed by atoms with van der Waals surface area (Å²) in [5.74, 6) is 1.07. The Morgan fingerprint density at radius 3 is 3.00 bits per heavy atom. The molecule has 0 spiro atoms. The molecule has 0 bridgehead atoms. The van der Waals surface area contributed by atoms with E-state index in [0.29, 0.717) is 0 Å². The number of imidazole rings is 1. The predicted octanol–water partition coefficient (Wildman–Crippen LogP) is 2.03. The van der Waals surface area contributed by atoms with E-state index < -0.39 is 0 Å². The van der Waals surface area contributed by atoms with E-state index >= 15 is 0 Å². The lowest BCUT2D eigenvalue weighted by Crippen LogP contribution is -2.15. The van der Waals surface area contributed by atoms with Crippen LogP contribution in [0.4, 0.5) is 0 Å². The molecular weight excluding hydrogens is 224 g/mol. The maximum Gasteiger partial charge on any atom is 0.105 e. The molecule has 1 atom stereocenters. The molecule has 0 aromatic carbocycles. The molecule has 0 fully saturated rings. The van der Waals surface area contributed by atoms with Gasteiger partial charge in [0.15, 0.2) is 0 Å². The quantitative estimate of drug-likeness (QED) is 0.898. The Morgan fingerprint density at radius 1 is 1.39 bits per heavy atom. The van der Waals surface area contributed by atoms with Crippen LogP contribution in [0, 0.1) is 6.92 Å². The zero-order valence-electron chi connectivity index (χ0n) is 10.8. The zero-order valence-corrected chi connectivity index (χ0v) is 10.8. The molecule has 1 aliphatic carbocycles. The molecule has 0 amide bonds. The number of nitrogens with two attached hydrogens (primary N) is 1. The van der Waals surface area contributed by atoms with Gasteiger partial charge in [-0.3, -0.25) is 0 Å². The molecule has 1 aliphatic rings. The molecule has 2 heterocycles. The van der Waals surface area contributed by atoms with Crippen molar-refractivity contribution in [3.63, 3.8) is 0 Å². The van der Waals surface area contributed by atoms with Crippen LogP contribution < -0.4 is 5.73 Å². The van der Waals surface area contributed by atoms with Gasteiger partial charge in [-0.05, 0) is 37.3 Å². The molecule has 3 rings (SSSR count). The maximum atomic E-state index is 6.15. The van der Waals surface area contributed by atoms with Gasteiger partial charge in [0.25, 0.3) is 0 Å². The van der Waals surface area contributed by atoms with Crippen molar-refractivity contribution in [1.29, 1.82) is 0 Å². The number of aromatic nitrogens is 3. The van der Waals surface area contributed by atoms with E-state index in [4.69, 9.17) is 5.73 Å². The molecule has 0 aliphatic heterocycles. The SMILES string of the molecule is Cc1nccn1CCn1cc2c(c1)C(N)CCC2. The highest BCUT2D eigenvalue weighted by atomic mass is 15.1. The van der Waals surface area contributed by atoms with Gasteiger partial charge in [-0.25, -0.2) is 4.98 Å². The number of aryl methyl sites for hydroxylation is 4. The summed E-state index contributed by atoms with van der Waals surface area (Å²) in [4.78, 5) is 4.24. The summed E-state index contributed by atoms with van der Waals surface area (Å²) < 4.78 is 4.45. The second-order valence-electron chi connectivity index (χ2n) is 5.14. The average molecular weight is 244 g/mol. The van der Waals surface area contributed by atoms with Crippen molar-refractivity contribution >= 4 is 0 Å². The lowest BCUT2D eigenvalue weighted by molar-refractivity contribution is 0.565. The topological polar surface area (TPSA) is 48.8 Å². The summed E-state index contributed by atoms with van der Waals surface area (Å²) in [6.45, 7) is 3.99. The third kappa shape index (κ3) is 2.08. The van der Waals surface area contributed by atoms with E-state index in [2.05, 4.69) is 26.5 Å². The van der Waals surface area contributed by atoms with Crippen molar-refractivity contribution in [1.82, 2.24) is 14.1 Å². The number of fused-ring (bicyclic) bond motifs is 1. The van der Waals surface area contributed by atoms with Crippen LogP contribution >= 0.6 is 0 Å². The lowest BCUT2D eigenvalue weighted by atomic mass is 9.92. The zero-order chi connectivity index (χ0) is 12.5. The Hall–Kier alpha value is -1.55.